The van der Waals surface area contributed by atoms with Crippen molar-refractivity contribution in [3.8, 4) is 0 Å². The molecule has 0 radical (unpaired) electrons. The minimum atomic E-state index is -0.281. The van der Waals surface area contributed by atoms with Gasteiger partial charge in [-0.25, -0.2) is 4.79 Å². The Kier molecular flexibility index (Phi) is 5.16. The standard InChI is InChI=1S/C14H20O3/c1-10(2)16-9-12-5-7-13(8-6-12)14(15)17-11(3)4/h5-8,10-11H,9H2,1-4H3. The quantitative estimate of drug-likeness (QED) is 0.736. The zero-order valence-corrected chi connectivity index (χ0v) is 10.9. The maximum atomic E-state index is 11.6. The summed E-state index contributed by atoms with van der Waals surface area (Å²) in [7, 11) is 0. The van der Waals surface area contributed by atoms with E-state index in [2.05, 4.69) is 0 Å². The molecule has 0 saturated heterocycles. The molecule has 0 N–H and O–H groups in total. The van der Waals surface area contributed by atoms with Crippen LogP contribution in [-0.2, 0) is 16.1 Å². The molecule has 0 amide bonds. The van der Waals surface area contributed by atoms with E-state index >= 15 is 0 Å². The van der Waals surface area contributed by atoms with Crippen LogP contribution in [0.1, 0.15) is 43.6 Å². The first-order chi connectivity index (χ1) is 7.99. The highest BCUT2D eigenvalue weighted by molar-refractivity contribution is 5.89. The molecule has 3 nitrogen and oxygen atoms in total. The average molecular weight is 236 g/mol. The molecule has 0 saturated carbocycles. The lowest BCUT2D eigenvalue weighted by atomic mass is 10.1. The van der Waals surface area contributed by atoms with Crippen molar-refractivity contribution >= 4 is 5.97 Å². The van der Waals surface area contributed by atoms with Gasteiger partial charge >= 0.3 is 5.97 Å². The van der Waals surface area contributed by atoms with Crippen molar-refractivity contribution in [2.75, 3.05) is 0 Å². The molecule has 0 aromatic heterocycles. The third kappa shape index (κ3) is 5.00. The Morgan fingerprint density at radius 2 is 1.65 bits per heavy atom. The predicted molar refractivity (Wildman–Crippen MR) is 66.9 cm³/mol. The van der Waals surface area contributed by atoms with Crippen molar-refractivity contribution in [2.45, 2.75) is 46.5 Å². The van der Waals surface area contributed by atoms with Crippen molar-refractivity contribution in [3.05, 3.63) is 35.4 Å². The predicted octanol–water partition coefficient (Wildman–Crippen LogP) is 3.18. The number of esters is 1. The van der Waals surface area contributed by atoms with E-state index < -0.39 is 0 Å². The molecule has 3 heteroatoms. The Balaban J connectivity index is 2.58. The maximum Gasteiger partial charge on any atom is 0.338 e. The Hall–Kier alpha value is -1.35. The number of carbonyl (C=O) groups excluding carboxylic acids is 1. The van der Waals surface area contributed by atoms with E-state index in [4.69, 9.17) is 9.47 Å². The highest BCUT2D eigenvalue weighted by Gasteiger charge is 2.08. The Labute approximate surface area is 103 Å². The molecule has 0 aliphatic carbocycles. The molecular weight excluding hydrogens is 216 g/mol. The summed E-state index contributed by atoms with van der Waals surface area (Å²) in [6, 6.07) is 7.31. The first-order valence-corrected chi connectivity index (χ1v) is 5.90. The second-order valence-corrected chi connectivity index (χ2v) is 4.51. The summed E-state index contributed by atoms with van der Waals surface area (Å²) < 4.78 is 10.6. The van der Waals surface area contributed by atoms with Crippen LogP contribution in [0, 0.1) is 0 Å². The molecule has 0 spiro atoms. The lowest BCUT2D eigenvalue weighted by Crippen LogP contribution is -2.11. The molecule has 0 unspecified atom stereocenters. The highest BCUT2D eigenvalue weighted by atomic mass is 16.5. The lowest BCUT2D eigenvalue weighted by molar-refractivity contribution is 0.0377. The van der Waals surface area contributed by atoms with Gasteiger partial charge in [-0.3, -0.25) is 0 Å². The van der Waals surface area contributed by atoms with Crippen molar-refractivity contribution in [3.63, 3.8) is 0 Å². The molecule has 0 bridgehead atoms. The number of carbonyl (C=O) groups is 1. The van der Waals surface area contributed by atoms with Gasteiger partial charge in [0.1, 0.15) is 0 Å². The second kappa shape index (κ2) is 6.40. The molecule has 0 fully saturated rings. The maximum absolute atomic E-state index is 11.6. The van der Waals surface area contributed by atoms with E-state index in [0.717, 1.165) is 5.56 Å². The molecule has 0 atom stereocenters. The lowest BCUT2D eigenvalue weighted by Gasteiger charge is -2.09. The Bertz CT molecular complexity index is 352. The molecule has 1 aromatic rings. The molecule has 94 valence electrons. The van der Waals surface area contributed by atoms with Gasteiger partial charge in [-0.05, 0) is 45.4 Å². The molecule has 0 heterocycles. The van der Waals surface area contributed by atoms with Gasteiger partial charge in [-0.15, -0.1) is 0 Å². The van der Waals surface area contributed by atoms with Crippen LogP contribution in [0.4, 0.5) is 0 Å². The van der Waals surface area contributed by atoms with Crippen molar-refractivity contribution in [2.24, 2.45) is 0 Å². The topological polar surface area (TPSA) is 35.5 Å². The van der Waals surface area contributed by atoms with Crippen LogP contribution in [-0.4, -0.2) is 18.2 Å². The summed E-state index contributed by atoms with van der Waals surface area (Å²) in [4.78, 5) is 11.6. The fourth-order valence-electron chi connectivity index (χ4n) is 1.28. The number of benzene rings is 1. The highest BCUT2D eigenvalue weighted by Crippen LogP contribution is 2.09. The fraction of sp³-hybridized carbons (Fsp3) is 0.500. The Morgan fingerprint density at radius 1 is 1.06 bits per heavy atom. The average Bonchev–Trinajstić information content (AvgIpc) is 2.26. The van der Waals surface area contributed by atoms with E-state index in [1.807, 2.05) is 39.8 Å². The van der Waals surface area contributed by atoms with Crippen molar-refractivity contribution in [1.82, 2.24) is 0 Å². The smallest absolute Gasteiger partial charge is 0.338 e. The largest absolute Gasteiger partial charge is 0.459 e. The summed E-state index contributed by atoms with van der Waals surface area (Å²) in [5.74, 6) is -0.281. The summed E-state index contributed by atoms with van der Waals surface area (Å²) in [5.41, 5.74) is 1.63. The first kappa shape index (κ1) is 13.7. The van der Waals surface area contributed by atoms with Gasteiger partial charge < -0.3 is 9.47 Å². The van der Waals surface area contributed by atoms with Crippen LogP contribution < -0.4 is 0 Å². The van der Waals surface area contributed by atoms with Crippen LogP contribution >= 0.6 is 0 Å². The molecule has 0 aliphatic rings. The van der Waals surface area contributed by atoms with Gasteiger partial charge in [0.25, 0.3) is 0 Å². The van der Waals surface area contributed by atoms with E-state index in [0.29, 0.717) is 12.2 Å². The van der Waals surface area contributed by atoms with E-state index in [1.165, 1.54) is 0 Å². The van der Waals surface area contributed by atoms with E-state index in [-0.39, 0.29) is 18.2 Å². The van der Waals surface area contributed by atoms with Gasteiger partial charge in [-0.1, -0.05) is 12.1 Å². The summed E-state index contributed by atoms with van der Waals surface area (Å²) in [6.07, 6.45) is 0.118. The molecule has 0 aliphatic heterocycles. The number of hydrogen-bond donors (Lipinski definition) is 0. The van der Waals surface area contributed by atoms with E-state index in [9.17, 15) is 4.79 Å². The van der Waals surface area contributed by atoms with Crippen LogP contribution in [0.25, 0.3) is 0 Å². The Morgan fingerprint density at radius 3 is 2.12 bits per heavy atom. The number of ether oxygens (including phenoxy) is 2. The van der Waals surface area contributed by atoms with Gasteiger partial charge in [0, 0.05) is 0 Å². The summed E-state index contributed by atoms with van der Waals surface area (Å²) in [5, 5.41) is 0. The molecule has 1 aromatic carbocycles. The molecule has 1 rings (SSSR count). The minimum absolute atomic E-state index is 0.0912. The van der Waals surface area contributed by atoms with Crippen LogP contribution in [0.2, 0.25) is 0 Å². The number of hydrogen-bond acceptors (Lipinski definition) is 3. The minimum Gasteiger partial charge on any atom is -0.459 e. The zero-order valence-electron chi connectivity index (χ0n) is 10.9. The van der Waals surface area contributed by atoms with Crippen LogP contribution in [0.5, 0.6) is 0 Å². The second-order valence-electron chi connectivity index (χ2n) is 4.51. The van der Waals surface area contributed by atoms with Crippen LogP contribution in [0.15, 0.2) is 24.3 Å². The number of rotatable bonds is 5. The third-order valence-electron chi connectivity index (χ3n) is 2.12. The van der Waals surface area contributed by atoms with Gasteiger partial charge in [0.2, 0.25) is 0 Å². The molecular formula is C14H20O3. The van der Waals surface area contributed by atoms with Crippen molar-refractivity contribution < 1.29 is 14.3 Å². The van der Waals surface area contributed by atoms with Gasteiger partial charge in [0.05, 0.1) is 24.4 Å². The SMILES string of the molecule is CC(C)OCc1ccc(C(=O)OC(C)C)cc1. The third-order valence-corrected chi connectivity index (χ3v) is 2.12. The molecule has 17 heavy (non-hydrogen) atoms. The fourth-order valence-corrected chi connectivity index (χ4v) is 1.28. The summed E-state index contributed by atoms with van der Waals surface area (Å²) in [6.45, 7) is 8.23. The van der Waals surface area contributed by atoms with Crippen molar-refractivity contribution in [1.29, 1.82) is 0 Å². The zero-order chi connectivity index (χ0) is 12.8. The summed E-state index contributed by atoms with van der Waals surface area (Å²) >= 11 is 0. The van der Waals surface area contributed by atoms with Crippen LogP contribution in [0.3, 0.4) is 0 Å². The monoisotopic (exact) mass is 236 g/mol. The van der Waals surface area contributed by atoms with Gasteiger partial charge in [-0.2, -0.15) is 0 Å². The normalized spacial score (nSPS) is 10.9. The first-order valence-electron chi connectivity index (χ1n) is 5.90. The van der Waals surface area contributed by atoms with E-state index in [1.54, 1.807) is 12.1 Å². The van der Waals surface area contributed by atoms with Gasteiger partial charge in [0.15, 0.2) is 0 Å².